The van der Waals surface area contributed by atoms with Crippen molar-refractivity contribution in [3.05, 3.63) is 94.3 Å². The monoisotopic (exact) mass is 726 g/mol. The number of hydrogen-bond acceptors (Lipinski definition) is 12. The molecule has 0 unspecified atom stereocenters. The zero-order valence-corrected chi connectivity index (χ0v) is 29.9. The first-order valence-corrected chi connectivity index (χ1v) is 17.6. The number of benzene rings is 2. The molecule has 266 valence electrons. The number of nitrogens with one attached hydrogen (secondary N) is 2. The maximum atomic E-state index is 13.5. The van der Waals surface area contributed by atoms with Gasteiger partial charge in [-0.3, -0.25) is 19.4 Å². The normalized spacial score (nSPS) is 19.2. The molecule has 2 fully saturated rings. The van der Waals surface area contributed by atoms with Crippen LogP contribution in [0.1, 0.15) is 38.8 Å². The van der Waals surface area contributed by atoms with Crippen molar-refractivity contribution < 1.29 is 47.7 Å². The lowest BCUT2D eigenvalue weighted by Crippen LogP contribution is -2.71. The van der Waals surface area contributed by atoms with E-state index in [2.05, 4.69) is 10.6 Å². The first-order chi connectivity index (χ1) is 23.9. The third-order valence-corrected chi connectivity index (χ3v) is 10.5. The Balaban J connectivity index is 1.57. The number of methoxy groups -OCH3 is 2. The largest absolute Gasteiger partial charge is 0.464 e. The zero-order valence-electron chi connectivity index (χ0n) is 28.3. The second kappa shape index (κ2) is 17.1. The van der Waals surface area contributed by atoms with Crippen LogP contribution in [-0.2, 0) is 51.3 Å². The predicted molar refractivity (Wildman–Crippen MR) is 184 cm³/mol. The van der Waals surface area contributed by atoms with Gasteiger partial charge in [-0.2, -0.15) is 0 Å². The molecule has 2 aromatic carbocycles. The Morgan fingerprint density at radius 1 is 0.620 bits per heavy atom. The van der Waals surface area contributed by atoms with Gasteiger partial charge in [0.25, 0.3) is 11.8 Å². The van der Waals surface area contributed by atoms with Gasteiger partial charge in [-0.05, 0) is 50.0 Å². The standard InChI is InChI=1S/C34H38N4O10S2/c1-19(2)25(31(41)45-5)37-27(39)23(35-33(43)47-17-21-13-9-7-10-14-21)29(37)49-50-30-24(28(40)38(30)26(20(3)4)32(42)46-6)36-34(44)48-18-22-15-11-8-12-16-22/h7-16,23-24,29-30H,17-18H2,1-6H3,(H,35,43)(H,36,44)/t23-,24-,29-,30-/m1/s1. The number of ether oxygens (including phenoxy) is 4. The molecule has 0 bridgehead atoms. The van der Waals surface area contributed by atoms with E-state index < -0.39 is 58.8 Å². The molecule has 0 radical (unpaired) electrons. The zero-order chi connectivity index (χ0) is 36.5. The van der Waals surface area contributed by atoms with Crippen LogP contribution < -0.4 is 10.6 Å². The summed E-state index contributed by atoms with van der Waals surface area (Å²) in [4.78, 5) is 80.7. The van der Waals surface area contributed by atoms with E-state index in [-0.39, 0.29) is 24.6 Å². The summed E-state index contributed by atoms with van der Waals surface area (Å²) in [5.41, 5.74) is 2.38. The summed E-state index contributed by atoms with van der Waals surface area (Å²) < 4.78 is 20.5. The third kappa shape index (κ3) is 8.60. The van der Waals surface area contributed by atoms with Crippen LogP contribution in [0.3, 0.4) is 0 Å². The fourth-order valence-corrected chi connectivity index (χ4v) is 8.32. The number of likely N-dealkylation sites (tertiary alicyclic amines) is 2. The molecule has 0 aliphatic carbocycles. The van der Waals surface area contributed by atoms with Crippen molar-refractivity contribution in [3.63, 3.8) is 0 Å². The number of hydrogen-bond donors (Lipinski definition) is 2. The number of allylic oxidation sites excluding steroid dienone is 2. The fraction of sp³-hybridized carbons (Fsp3) is 0.353. The number of β-lactam (4-membered cyclic amide) rings is 2. The highest BCUT2D eigenvalue weighted by Gasteiger charge is 2.56. The van der Waals surface area contributed by atoms with E-state index in [1.165, 1.54) is 24.0 Å². The van der Waals surface area contributed by atoms with Crippen molar-refractivity contribution in [2.24, 2.45) is 0 Å². The number of esters is 2. The Labute approximate surface area is 297 Å². The molecular weight excluding hydrogens is 689 g/mol. The fourth-order valence-electron chi connectivity index (χ4n) is 5.04. The van der Waals surface area contributed by atoms with Crippen LogP contribution in [0.2, 0.25) is 0 Å². The van der Waals surface area contributed by atoms with Crippen LogP contribution >= 0.6 is 21.6 Å². The molecule has 4 rings (SSSR count). The van der Waals surface area contributed by atoms with Crippen LogP contribution in [0.4, 0.5) is 9.59 Å². The van der Waals surface area contributed by atoms with Gasteiger partial charge in [0.05, 0.1) is 14.2 Å². The van der Waals surface area contributed by atoms with Gasteiger partial charge in [-0.1, -0.05) is 82.3 Å². The number of alkyl carbamates (subject to hydrolysis) is 2. The van der Waals surface area contributed by atoms with Gasteiger partial charge in [-0.15, -0.1) is 0 Å². The molecule has 14 nitrogen and oxygen atoms in total. The van der Waals surface area contributed by atoms with E-state index in [4.69, 9.17) is 18.9 Å². The Morgan fingerprint density at radius 2 is 0.960 bits per heavy atom. The molecule has 2 aliphatic heterocycles. The molecule has 2 heterocycles. The van der Waals surface area contributed by atoms with Crippen LogP contribution in [0.5, 0.6) is 0 Å². The lowest BCUT2D eigenvalue weighted by molar-refractivity contribution is -0.150. The van der Waals surface area contributed by atoms with Gasteiger partial charge < -0.3 is 29.6 Å². The minimum absolute atomic E-state index is 0.0217. The van der Waals surface area contributed by atoms with Crippen LogP contribution in [0.15, 0.2) is 83.2 Å². The Bertz CT molecular complexity index is 1550. The maximum Gasteiger partial charge on any atom is 0.408 e. The highest BCUT2D eigenvalue weighted by atomic mass is 33.1. The highest BCUT2D eigenvalue weighted by molar-refractivity contribution is 8.77. The van der Waals surface area contributed by atoms with Gasteiger partial charge in [0, 0.05) is 0 Å². The highest BCUT2D eigenvalue weighted by Crippen LogP contribution is 2.47. The van der Waals surface area contributed by atoms with Crippen molar-refractivity contribution in [1.82, 2.24) is 20.4 Å². The lowest BCUT2D eigenvalue weighted by Gasteiger charge is -2.49. The van der Waals surface area contributed by atoms with E-state index in [9.17, 15) is 28.8 Å². The summed E-state index contributed by atoms with van der Waals surface area (Å²) in [6, 6.07) is 15.6. The Kier molecular flexibility index (Phi) is 13.0. The maximum absolute atomic E-state index is 13.5. The van der Waals surface area contributed by atoms with E-state index >= 15 is 0 Å². The van der Waals surface area contributed by atoms with Crippen molar-refractivity contribution in [2.75, 3.05) is 14.2 Å². The number of rotatable bonds is 13. The summed E-state index contributed by atoms with van der Waals surface area (Å²) >= 11 is 0. The molecule has 16 heteroatoms. The van der Waals surface area contributed by atoms with E-state index in [0.717, 1.165) is 32.7 Å². The average molecular weight is 727 g/mol. The van der Waals surface area contributed by atoms with Gasteiger partial charge in [0.1, 0.15) is 47.4 Å². The Hall–Kier alpha value is -4.96. The first-order valence-electron chi connectivity index (χ1n) is 15.3. The van der Waals surface area contributed by atoms with Gasteiger partial charge in [0.2, 0.25) is 0 Å². The third-order valence-electron chi connectivity index (χ3n) is 7.50. The molecule has 2 N–H and O–H groups in total. The first kappa shape index (κ1) is 37.9. The van der Waals surface area contributed by atoms with Crippen molar-refractivity contribution in [3.8, 4) is 0 Å². The molecule has 2 aromatic rings. The summed E-state index contributed by atoms with van der Waals surface area (Å²) in [5.74, 6) is -2.72. The molecule has 2 saturated heterocycles. The molecule has 0 aromatic heterocycles. The van der Waals surface area contributed by atoms with Crippen molar-refractivity contribution in [1.29, 1.82) is 0 Å². The van der Waals surface area contributed by atoms with Crippen LogP contribution in [0.25, 0.3) is 0 Å². The average Bonchev–Trinajstić information content (AvgIpc) is 3.11. The predicted octanol–water partition coefficient (Wildman–Crippen LogP) is 4.23. The molecule has 2 aliphatic rings. The minimum Gasteiger partial charge on any atom is -0.464 e. The number of amides is 4. The molecule has 0 saturated carbocycles. The summed E-state index contributed by atoms with van der Waals surface area (Å²) in [6.07, 6.45) is -1.73. The molecule has 4 amide bonds. The minimum atomic E-state index is -1.15. The van der Waals surface area contributed by atoms with E-state index in [1.807, 2.05) is 12.1 Å². The second-order valence-electron chi connectivity index (χ2n) is 11.4. The quantitative estimate of drug-likeness (QED) is 0.0992. The Morgan fingerprint density at radius 3 is 1.26 bits per heavy atom. The lowest BCUT2D eigenvalue weighted by atomic mass is 10.0. The summed E-state index contributed by atoms with van der Waals surface area (Å²) in [5, 5.41) is 3.34. The van der Waals surface area contributed by atoms with Crippen molar-refractivity contribution >= 4 is 57.5 Å². The van der Waals surface area contributed by atoms with E-state index in [1.54, 1.807) is 76.2 Å². The van der Waals surface area contributed by atoms with Gasteiger partial charge >= 0.3 is 24.1 Å². The number of carbonyl (C=O) groups is 6. The summed E-state index contributed by atoms with van der Waals surface area (Å²) in [6.45, 7) is 6.44. The van der Waals surface area contributed by atoms with Crippen LogP contribution in [0, 0.1) is 0 Å². The molecular formula is C34H38N4O10S2. The molecule has 4 atom stereocenters. The molecule has 0 spiro atoms. The smallest absolute Gasteiger partial charge is 0.408 e. The SMILES string of the molecule is COC(=O)C(=C(C)C)N1C(=O)[C@@H](NC(=O)OCc2ccccc2)[C@H]1SS[C@@H]1[C@H](NC(=O)OCc2ccccc2)C(=O)N1C(C(=O)OC)=C(C)C. The van der Waals surface area contributed by atoms with E-state index in [0.29, 0.717) is 11.1 Å². The van der Waals surface area contributed by atoms with Gasteiger partial charge in [0.15, 0.2) is 0 Å². The van der Waals surface area contributed by atoms with Crippen LogP contribution in [-0.4, -0.2) is 82.8 Å². The number of nitrogens with zero attached hydrogens (tertiary/aromatic N) is 2. The van der Waals surface area contributed by atoms with Gasteiger partial charge in [-0.25, -0.2) is 19.2 Å². The van der Waals surface area contributed by atoms with Crippen molar-refractivity contribution in [2.45, 2.75) is 63.7 Å². The topological polar surface area (TPSA) is 170 Å². The second-order valence-corrected chi connectivity index (χ2v) is 13.9. The molecule has 50 heavy (non-hydrogen) atoms. The number of carbonyl (C=O) groups excluding carboxylic acids is 6. The summed E-state index contributed by atoms with van der Waals surface area (Å²) in [7, 11) is 4.45.